The molecule has 3 rings (SSSR count). The maximum Gasteiger partial charge on any atom is 0.430 e. The molecule has 0 saturated heterocycles. The molecule has 252 valence electrons. The van der Waals surface area contributed by atoms with Crippen molar-refractivity contribution in [3.8, 4) is 0 Å². The van der Waals surface area contributed by atoms with Gasteiger partial charge < -0.3 is 29.1 Å². The molecular weight excluding hydrogens is 648 g/mol. The number of hydrogen-bond acceptors (Lipinski definition) is 10. The lowest BCUT2D eigenvalue weighted by Gasteiger charge is -2.28. The van der Waals surface area contributed by atoms with E-state index in [0.717, 1.165) is 12.1 Å². The zero-order valence-electron chi connectivity index (χ0n) is 27.1. The van der Waals surface area contributed by atoms with Gasteiger partial charge in [0.2, 0.25) is 0 Å². The molecule has 2 amide bonds. The highest BCUT2D eigenvalue weighted by atomic mass is 35.5. The van der Waals surface area contributed by atoms with E-state index in [1.54, 1.807) is 39.8 Å². The molecule has 0 radical (unpaired) electrons. The van der Waals surface area contributed by atoms with E-state index in [2.05, 4.69) is 10.5 Å². The van der Waals surface area contributed by atoms with Crippen LogP contribution in [0.25, 0.3) is 0 Å². The predicted molar refractivity (Wildman–Crippen MR) is 170 cm³/mol. The summed E-state index contributed by atoms with van der Waals surface area (Å²) in [5.41, 5.74) is -1.19. The van der Waals surface area contributed by atoms with Crippen LogP contribution in [0.3, 0.4) is 0 Å². The Bertz CT molecular complexity index is 1700. The maximum absolute atomic E-state index is 15.6. The first-order valence-electron chi connectivity index (χ1n) is 14.0. The molecule has 1 aromatic heterocycles. The van der Waals surface area contributed by atoms with Gasteiger partial charge in [0.25, 0.3) is 10.0 Å². The van der Waals surface area contributed by atoms with Gasteiger partial charge in [-0.1, -0.05) is 16.8 Å². The molecule has 0 aliphatic carbocycles. The Morgan fingerprint density at radius 3 is 2.11 bits per heavy atom. The van der Waals surface area contributed by atoms with Crippen LogP contribution in [0.15, 0.2) is 45.8 Å². The number of ether oxygens (including phenoxy) is 2. The second-order valence-electron chi connectivity index (χ2n) is 12.4. The smallest absolute Gasteiger partial charge is 0.430 e. The van der Waals surface area contributed by atoms with Gasteiger partial charge in [0, 0.05) is 39.3 Å². The van der Waals surface area contributed by atoms with E-state index in [1.165, 1.54) is 56.9 Å². The average molecular weight is 686 g/mol. The van der Waals surface area contributed by atoms with Crippen LogP contribution in [0.2, 0.25) is 5.02 Å². The first-order chi connectivity index (χ1) is 21.1. The molecule has 0 atom stereocenters. The number of aryl methyl sites for hydroxylation is 1. The maximum atomic E-state index is 15.6. The zero-order valence-corrected chi connectivity index (χ0v) is 28.6. The number of benzene rings is 2. The topological polar surface area (TPSA) is 135 Å². The largest absolute Gasteiger partial charge is 0.444 e. The third-order valence-corrected chi connectivity index (χ3v) is 8.04. The molecule has 0 aliphatic rings. The van der Waals surface area contributed by atoms with Crippen LogP contribution in [-0.4, -0.2) is 69.0 Å². The zero-order chi connectivity index (χ0) is 34.8. The number of hydrogen-bond donors (Lipinski definition) is 1. The number of halogens is 3. The van der Waals surface area contributed by atoms with Crippen LogP contribution in [0.1, 0.15) is 47.3 Å². The van der Waals surface area contributed by atoms with Crippen molar-refractivity contribution < 1.29 is 40.8 Å². The van der Waals surface area contributed by atoms with Crippen LogP contribution >= 0.6 is 11.6 Å². The Kier molecular flexibility index (Phi) is 10.8. The number of carbonyl (C=O) groups excluding carboxylic acids is 2. The summed E-state index contributed by atoms with van der Waals surface area (Å²) >= 11 is 6.44. The summed E-state index contributed by atoms with van der Waals surface area (Å²) in [5.74, 6) is -2.07. The molecule has 0 aliphatic heterocycles. The first kappa shape index (κ1) is 36.4. The van der Waals surface area contributed by atoms with Crippen LogP contribution in [-0.2, 0) is 19.5 Å². The summed E-state index contributed by atoms with van der Waals surface area (Å²) in [6, 6.07) is 6.65. The van der Waals surface area contributed by atoms with Crippen molar-refractivity contribution in [3.05, 3.63) is 58.8 Å². The molecule has 46 heavy (non-hydrogen) atoms. The third kappa shape index (κ3) is 9.22. The number of nitrogens with zero attached hydrogens (tertiary/aromatic N) is 4. The SMILES string of the molecule is Cc1cc(N(C(=O)OC(C)(C)C)S(=O)(=O)c2cc(Cl)c(Nc3ccc(F)cc3N(C)CCN(C)C(=O)OC(C)(C)C)cc2F)no1. The molecule has 1 heterocycles. The number of nitrogens with one attached hydrogen (secondary N) is 1. The number of aromatic nitrogens is 1. The number of carbonyl (C=O) groups is 2. The fourth-order valence-corrected chi connectivity index (χ4v) is 5.52. The average Bonchev–Trinajstić information content (AvgIpc) is 3.32. The van der Waals surface area contributed by atoms with E-state index in [0.29, 0.717) is 11.4 Å². The van der Waals surface area contributed by atoms with E-state index in [4.69, 9.17) is 25.6 Å². The second kappa shape index (κ2) is 13.7. The van der Waals surface area contributed by atoms with E-state index in [9.17, 15) is 22.4 Å². The number of anilines is 4. The summed E-state index contributed by atoms with van der Waals surface area (Å²) in [4.78, 5) is 27.5. The summed E-state index contributed by atoms with van der Waals surface area (Å²) < 4.78 is 73.1. The number of likely N-dealkylation sites (N-methyl/N-ethyl adjacent to an activating group) is 2. The van der Waals surface area contributed by atoms with Gasteiger partial charge in [0.1, 0.15) is 33.5 Å². The molecule has 0 bridgehead atoms. The standard InChI is InChI=1S/C30H38ClF2N5O7S/c1-18-14-26(35-45-18)38(28(40)44-30(5,6)7)46(41,42)25-16-20(31)23(17-21(25)33)34-22-11-10-19(32)15-24(22)36(8)12-13-37(9)27(39)43-29(2,3)4/h10-11,14-17,34H,12-13H2,1-9H3. The molecule has 0 fully saturated rings. The van der Waals surface area contributed by atoms with Crippen LogP contribution in [0.4, 0.5) is 41.2 Å². The summed E-state index contributed by atoms with van der Waals surface area (Å²) in [5, 5.41) is 6.29. The van der Waals surface area contributed by atoms with Crippen molar-refractivity contribution in [2.45, 2.75) is 64.6 Å². The molecule has 0 saturated carbocycles. The molecule has 16 heteroatoms. The Balaban J connectivity index is 1.93. The third-order valence-electron chi connectivity index (χ3n) is 6.04. The monoisotopic (exact) mass is 685 g/mol. The Morgan fingerprint density at radius 1 is 0.935 bits per heavy atom. The van der Waals surface area contributed by atoms with Crippen LogP contribution < -0.4 is 14.5 Å². The number of sulfonamides is 1. The summed E-state index contributed by atoms with van der Waals surface area (Å²) in [7, 11) is -1.74. The lowest BCUT2D eigenvalue weighted by atomic mass is 10.2. The minimum atomic E-state index is -4.97. The second-order valence-corrected chi connectivity index (χ2v) is 14.6. The van der Waals surface area contributed by atoms with Crippen molar-refractivity contribution >= 4 is 56.7 Å². The number of amides is 2. The fourth-order valence-electron chi connectivity index (χ4n) is 3.91. The molecule has 0 spiro atoms. The van der Waals surface area contributed by atoms with Crippen LogP contribution in [0, 0.1) is 18.6 Å². The lowest BCUT2D eigenvalue weighted by molar-refractivity contribution is 0.0303. The van der Waals surface area contributed by atoms with E-state index >= 15 is 4.39 Å². The highest BCUT2D eigenvalue weighted by Gasteiger charge is 2.39. The van der Waals surface area contributed by atoms with Crippen molar-refractivity contribution in [2.24, 2.45) is 0 Å². The molecular formula is C30H38ClF2N5O7S. The lowest BCUT2D eigenvalue weighted by Crippen LogP contribution is -2.41. The van der Waals surface area contributed by atoms with Crippen molar-refractivity contribution in [2.75, 3.05) is 41.7 Å². The normalized spacial score (nSPS) is 12.0. The van der Waals surface area contributed by atoms with Gasteiger partial charge in [-0.2, -0.15) is 0 Å². The van der Waals surface area contributed by atoms with E-state index in [1.807, 2.05) is 0 Å². The Labute approximate surface area is 272 Å². The molecule has 3 aromatic rings. The van der Waals surface area contributed by atoms with Gasteiger partial charge in [-0.25, -0.2) is 26.8 Å². The van der Waals surface area contributed by atoms with E-state index in [-0.39, 0.29) is 33.9 Å². The predicted octanol–water partition coefficient (Wildman–Crippen LogP) is 7.09. The van der Waals surface area contributed by atoms with Gasteiger partial charge in [0.15, 0.2) is 5.82 Å². The minimum absolute atomic E-state index is 0.0497. The quantitative estimate of drug-likeness (QED) is 0.249. The number of rotatable bonds is 9. The van der Waals surface area contributed by atoms with Gasteiger partial charge in [-0.05, 0) is 72.7 Å². The summed E-state index contributed by atoms with van der Waals surface area (Å²) in [6.07, 6.45) is -1.87. The molecule has 12 nitrogen and oxygen atoms in total. The van der Waals surface area contributed by atoms with E-state index < -0.39 is 55.8 Å². The van der Waals surface area contributed by atoms with Gasteiger partial charge in [-0.3, -0.25) is 0 Å². The van der Waals surface area contributed by atoms with Gasteiger partial charge >= 0.3 is 12.2 Å². The molecule has 0 unspecified atom stereocenters. The van der Waals surface area contributed by atoms with Crippen molar-refractivity contribution in [1.82, 2.24) is 10.1 Å². The fraction of sp³-hybridized carbons (Fsp3) is 0.433. The van der Waals surface area contributed by atoms with Gasteiger partial charge in [0.05, 0.1) is 22.1 Å². The minimum Gasteiger partial charge on any atom is -0.444 e. The van der Waals surface area contributed by atoms with Crippen molar-refractivity contribution in [3.63, 3.8) is 0 Å². The highest BCUT2D eigenvalue weighted by molar-refractivity contribution is 7.93. The first-order valence-corrected chi connectivity index (χ1v) is 15.8. The molecule has 2 aromatic carbocycles. The molecule has 1 N–H and O–H groups in total. The highest BCUT2D eigenvalue weighted by Crippen LogP contribution is 2.36. The van der Waals surface area contributed by atoms with Gasteiger partial charge in [-0.15, -0.1) is 4.31 Å². The Hall–Kier alpha value is -4.11. The van der Waals surface area contributed by atoms with Crippen LogP contribution in [0.5, 0.6) is 0 Å². The van der Waals surface area contributed by atoms with Crippen molar-refractivity contribution in [1.29, 1.82) is 0 Å². The summed E-state index contributed by atoms with van der Waals surface area (Å²) in [6.45, 7) is 11.8. The Morgan fingerprint density at radius 2 is 1.54 bits per heavy atom.